The summed E-state index contributed by atoms with van der Waals surface area (Å²) in [5.74, 6) is 0. The van der Waals surface area contributed by atoms with Crippen LogP contribution in [0.5, 0.6) is 0 Å². The highest BCUT2D eigenvalue weighted by atomic mass is 35.5. The normalized spacial score (nSPS) is 13.6. The van der Waals surface area contributed by atoms with E-state index in [0.29, 0.717) is 18.0 Å². The minimum atomic E-state index is -0.276. The van der Waals surface area contributed by atoms with Crippen LogP contribution in [-0.4, -0.2) is 37.4 Å². The van der Waals surface area contributed by atoms with Crippen molar-refractivity contribution in [3.05, 3.63) is 34.9 Å². The fourth-order valence-electron chi connectivity index (χ4n) is 1.90. The molecular weight excluding hydrogens is 280 g/mol. The molecule has 20 heavy (non-hydrogen) atoms. The second-order valence-corrected chi connectivity index (χ2v) is 4.91. The molecule has 0 aliphatic heterocycles. The maximum absolute atomic E-state index is 11.7. The van der Waals surface area contributed by atoms with Crippen LogP contribution in [0.4, 0.5) is 4.79 Å². The third-order valence-electron chi connectivity index (χ3n) is 2.89. The second kappa shape index (κ2) is 8.79. The number of amides is 2. The molecule has 0 bridgehead atoms. The van der Waals surface area contributed by atoms with E-state index in [-0.39, 0.29) is 24.8 Å². The van der Waals surface area contributed by atoms with Gasteiger partial charge in [-0.1, -0.05) is 23.7 Å². The van der Waals surface area contributed by atoms with Crippen LogP contribution in [0.2, 0.25) is 5.02 Å². The number of benzene rings is 1. The number of ether oxygens (including phenoxy) is 1. The number of hydrogen-bond donors (Lipinski definition) is 3. The molecule has 0 aliphatic rings. The average molecular weight is 301 g/mol. The lowest BCUT2D eigenvalue weighted by molar-refractivity contribution is 0.0762. The van der Waals surface area contributed by atoms with Gasteiger partial charge in [-0.25, -0.2) is 4.79 Å². The highest BCUT2D eigenvalue weighted by Crippen LogP contribution is 2.22. The lowest BCUT2D eigenvalue weighted by Crippen LogP contribution is -2.44. The zero-order valence-corrected chi connectivity index (χ0v) is 12.5. The zero-order valence-electron chi connectivity index (χ0n) is 11.7. The summed E-state index contributed by atoms with van der Waals surface area (Å²) >= 11 is 5.85. The van der Waals surface area contributed by atoms with Crippen molar-refractivity contribution >= 4 is 17.6 Å². The molecule has 0 radical (unpaired) electrons. The number of nitrogens with one attached hydrogen (secondary N) is 2. The highest BCUT2D eigenvalue weighted by molar-refractivity contribution is 6.30. The lowest BCUT2D eigenvalue weighted by atomic mass is 10.0. The Bertz CT molecular complexity index is 411. The van der Waals surface area contributed by atoms with Gasteiger partial charge in [0.1, 0.15) is 6.10 Å². The molecule has 0 aromatic heterocycles. The fraction of sp³-hybridized carbons (Fsp3) is 0.500. The van der Waals surface area contributed by atoms with E-state index >= 15 is 0 Å². The highest BCUT2D eigenvalue weighted by Gasteiger charge is 2.20. The summed E-state index contributed by atoms with van der Waals surface area (Å²) in [6.45, 7) is 2.36. The Hall–Kier alpha value is -1.30. The summed E-state index contributed by atoms with van der Waals surface area (Å²) in [6.07, 6.45) is 0.281. The Balaban J connectivity index is 2.56. The number of hydrogen-bond acceptors (Lipinski definition) is 3. The van der Waals surface area contributed by atoms with Gasteiger partial charge in [-0.3, -0.25) is 0 Å². The Kier molecular flexibility index (Phi) is 7.36. The van der Waals surface area contributed by atoms with Gasteiger partial charge in [0.15, 0.2) is 0 Å². The SMILES string of the molecule is COC(c1ccc(Cl)cc1)C(C)NC(=O)NCCCO. The largest absolute Gasteiger partial charge is 0.396 e. The Morgan fingerprint density at radius 1 is 1.40 bits per heavy atom. The van der Waals surface area contributed by atoms with Crippen LogP contribution in [0, 0.1) is 0 Å². The van der Waals surface area contributed by atoms with Crippen LogP contribution in [0.1, 0.15) is 25.0 Å². The van der Waals surface area contributed by atoms with Crippen molar-refractivity contribution in [3.8, 4) is 0 Å². The first-order valence-electron chi connectivity index (χ1n) is 6.52. The third kappa shape index (κ3) is 5.36. The van der Waals surface area contributed by atoms with E-state index in [1.807, 2.05) is 19.1 Å². The first-order valence-corrected chi connectivity index (χ1v) is 6.89. The van der Waals surface area contributed by atoms with Crippen molar-refractivity contribution in [2.24, 2.45) is 0 Å². The summed E-state index contributed by atoms with van der Waals surface area (Å²) < 4.78 is 5.44. The van der Waals surface area contributed by atoms with E-state index < -0.39 is 0 Å². The summed E-state index contributed by atoms with van der Waals surface area (Å²) in [4.78, 5) is 11.7. The predicted molar refractivity (Wildman–Crippen MR) is 78.9 cm³/mol. The van der Waals surface area contributed by atoms with Gasteiger partial charge in [0, 0.05) is 25.3 Å². The topological polar surface area (TPSA) is 70.6 Å². The van der Waals surface area contributed by atoms with E-state index in [9.17, 15) is 4.79 Å². The maximum atomic E-state index is 11.7. The molecule has 0 saturated carbocycles. The molecule has 0 saturated heterocycles. The summed E-state index contributed by atoms with van der Waals surface area (Å²) in [5.41, 5.74) is 0.944. The Morgan fingerprint density at radius 3 is 2.60 bits per heavy atom. The number of aliphatic hydroxyl groups excluding tert-OH is 1. The van der Waals surface area contributed by atoms with E-state index in [1.54, 1.807) is 19.2 Å². The van der Waals surface area contributed by atoms with Gasteiger partial charge in [-0.05, 0) is 31.0 Å². The Morgan fingerprint density at radius 2 is 2.05 bits per heavy atom. The zero-order chi connectivity index (χ0) is 15.0. The van der Waals surface area contributed by atoms with Crippen molar-refractivity contribution < 1.29 is 14.6 Å². The lowest BCUT2D eigenvalue weighted by Gasteiger charge is -2.24. The van der Waals surface area contributed by atoms with Crippen LogP contribution < -0.4 is 10.6 Å². The average Bonchev–Trinajstić information content (AvgIpc) is 2.42. The minimum absolute atomic E-state index is 0.0568. The van der Waals surface area contributed by atoms with Gasteiger partial charge >= 0.3 is 6.03 Å². The van der Waals surface area contributed by atoms with Crippen molar-refractivity contribution in [2.45, 2.75) is 25.5 Å². The van der Waals surface area contributed by atoms with Crippen molar-refractivity contribution in [1.82, 2.24) is 10.6 Å². The molecule has 112 valence electrons. The summed E-state index contributed by atoms with van der Waals surface area (Å²) in [6, 6.07) is 6.85. The summed E-state index contributed by atoms with van der Waals surface area (Å²) in [7, 11) is 1.60. The van der Waals surface area contributed by atoms with E-state index in [0.717, 1.165) is 5.56 Å². The first-order chi connectivity index (χ1) is 9.58. The van der Waals surface area contributed by atoms with Crippen molar-refractivity contribution in [3.63, 3.8) is 0 Å². The number of aliphatic hydroxyl groups is 1. The maximum Gasteiger partial charge on any atom is 0.315 e. The molecule has 1 aromatic carbocycles. The predicted octanol–water partition coefficient (Wildman–Crippen LogP) is 2.10. The van der Waals surface area contributed by atoms with E-state index in [1.165, 1.54) is 0 Å². The standard InChI is InChI=1S/C14H21ClN2O3/c1-10(17-14(19)16-8-3-9-18)13(20-2)11-4-6-12(15)7-5-11/h4-7,10,13,18H,3,8-9H2,1-2H3,(H2,16,17,19). The molecular formula is C14H21ClN2O3. The van der Waals surface area contributed by atoms with Crippen LogP contribution in [0.3, 0.4) is 0 Å². The minimum Gasteiger partial charge on any atom is -0.396 e. The molecule has 5 nitrogen and oxygen atoms in total. The van der Waals surface area contributed by atoms with Crippen LogP contribution in [-0.2, 0) is 4.74 Å². The summed E-state index contributed by atoms with van der Waals surface area (Å²) in [5, 5.41) is 14.8. The number of methoxy groups -OCH3 is 1. The molecule has 6 heteroatoms. The molecule has 0 fully saturated rings. The third-order valence-corrected chi connectivity index (χ3v) is 3.14. The van der Waals surface area contributed by atoms with Crippen LogP contribution >= 0.6 is 11.6 Å². The molecule has 0 spiro atoms. The molecule has 2 atom stereocenters. The van der Waals surface area contributed by atoms with Crippen LogP contribution in [0.25, 0.3) is 0 Å². The van der Waals surface area contributed by atoms with E-state index in [4.69, 9.17) is 21.4 Å². The monoisotopic (exact) mass is 300 g/mol. The number of urea groups is 1. The smallest absolute Gasteiger partial charge is 0.315 e. The van der Waals surface area contributed by atoms with Crippen molar-refractivity contribution in [2.75, 3.05) is 20.3 Å². The number of halogens is 1. The molecule has 0 aliphatic carbocycles. The number of carbonyl (C=O) groups is 1. The quantitative estimate of drug-likeness (QED) is 0.675. The number of rotatable bonds is 7. The molecule has 3 N–H and O–H groups in total. The van der Waals surface area contributed by atoms with E-state index in [2.05, 4.69) is 10.6 Å². The van der Waals surface area contributed by atoms with Gasteiger partial charge in [-0.15, -0.1) is 0 Å². The second-order valence-electron chi connectivity index (χ2n) is 4.47. The molecule has 1 rings (SSSR count). The first kappa shape index (κ1) is 16.8. The van der Waals surface area contributed by atoms with Gasteiger partial charge in [0.25, 0.3) is 0 Å². The molecule has 2 unspecified atom stereocenters. The fourth-order valence-corrected chi connectivity index (χ4v) is 2.02. The van der Waals surface area contributed by atoms with Crippen LogP contribution in [0.15, 0.2) is 24.3 Å². The molecule has 0 heterocycles. The van der Waals surface area contributed by atoms with Gasteiger partial charge in [0.2, 0.25) is 0 Å². The Labute approximate surface area is 124 Å². The van der Waals surface area contributed by atoms with Gasteiger partial charge < -0.3 is 20.5 Å². The molecule has 2 amide bonds. The molecule has 1 aromatic rings. The van der Waals surface area contributed by atoms with Gasteiger partial charge in [0.05, 0.1) is 6.04 Å². The van der Waals surface area contributed by atoms with Gasteiger partial charge in [-0.2, -0.15) is 0 Å². The van der Waals surface area contributed by atoms with Crippen molar-refractivity contribution in [1.29, 1.82) is 0 Å². The number of carbonyl (C=O) groups excluding carboxylic acids is 1.